The number of nitrogens with two attached hydrogens (primary N) is 1. The highest BCUT2D eigenvalue weighted by Crippen LogP contribution is 2.22. The van der Waals surface area contributed by atoms with Crippen LogP contribution >= 0.6 is 12.4 Å². The Morgan fingerprint density at radius 3 is 2.35 bits per heavy atom. The van der Waals surface area contributed by atoms with Crippen LogP contribution in [0.2, 0.25) is 0 Å². The maximum absolute atomic E-state index is 12.3. The predicted molar refractivity (Wildman–Crippen MR) is 84.7 cm³/mol. The average Bonchev–Trinajstić information content (AvgIpc) is 2.35. The van der Waals surface area contributed by atoms with Gasteiger partial charge in [0.05, 0.1) is 4.90 Å². The van der Waals surface area contributed by atoms with Crippen LogP contribution in [0.5, 0.6) is 0 Å². The zero-order valence-corrected chi connectivity index (χ0v) is 13.1. The summed E-state index contributed by atoms with van der Waals surface area (Å²) in [5.41, 5.74) is 5.22. The van der Waals surface area contributed by atoms with Gasteiger partial charge in [-0.1, -0.05) is 36.4 Å². The van der Waals surface area contributed by atoms with E-state index in [2.05, 4.69) is 4.72 Å². The summed E-state index contributed by atoms with van der Waals surface area (Å²) in [7, 11) is -3.55. The van der Waals surface area contributed by atoms with Crippen molar-refractivity contribution in [2.75, 3.05) is 6.54 Å². The van der Waals surface area contributed by atoms with Crippen molar-refractivity contribution in [3.8, 4) is 0 Å². The molecule has 20 heavy (non-hydrogen) atoms. The molecule has 0 aliphatic carbocycles. The van der Waals surface area contributed by atoms with Crippen LogP contribution in [0.3, 0.4) is 0 Å². The van der Waals surface area contributed by atoms with Crippen LogP contribution in [0.1, 0.15) is 13.8 Å². The minimum atomic E-state index is -3.55. The highest BCUT2D eigenvalue weighted by Gasteiger charge is 2.20. The highest BCUT2D eigenvalue weighted by molar-refractivity contribution is 7.89. The van der Waals surface area contributed by atoms with Gasteiger partial charge in [-0.25, -0.2) is 13.1 Å². The first-order chi connectivity index (χ1) is 8.80. The second-order valence-corrected chi connectivity index (χ2v) is 7.03. The minimum Gasteiger partial charge on any atom is -0.324 e. The molecule has 2 aromatic carbocycles. The van der Waals surface area contributed by atoms with Gasteiger partial charge < -0.3 is 5.73 Å². The van der Waals surface area contributed by atoms with E-state index in [4.69, 9.17) is 5.73 Å². The number of hydrogen-bond acceptors (Lipinski definition) is 3. The first kappa shape index (κ1) is 16.9. The third-order valence-electron chi connectivity index (χ3n) is 2.76. The second kappa shape index (κ2) is 6.10. The summed E-state index contributed by atoms with van der Waals surface area (Å²) in [6.07, 6.45) is 0. The Balaban J connectivity index is 0.00000200. The lowest BCUT2D eigenvalue weighted by Crippen LogP contribution is -2.45. The van der Waals surface area contributed by atoms with Gasteiger partial charge in [0, 0.05) is 17.5 Å². The summed E-state index contributed by atoms with van der Waals surface area (Å²) >= 11 is 0. The molecule has 3 N–H and O–H groups in total. The number of hydrogen-bond donors (Lipinski definition) is 2. The summed E-state index contributed by atoms with van der Waals surface area (Å²) in [5, 5.41) is 1.62. The summed E-state index contributed by atoms with van der Waals surface area (Å²) in [5.74, 6) is 0. The fraction of sp³-hybridized carbons (Fsp3) is 0.286. The normalized spacial score (nSPS) is 12.2. The number of fused-ring (bicyclic) bond motifs is 1. The van der Waals surface area contributed by atoms with Crippen LogP contribution in [-0.4, -0.2) is 20.5 Å². The van der Waals surface area contributed by atoms with Crippen molar-refractivity contribution in [2.45, 2.75) is 24.3 Å². The van der Waals surface area contributed by atoms with Gasteiger partial charge in [-0.2, -0.15) is 0 Å². The molecule has 0 fully saturated rings. The smallest absolute Gasteiger partial charge is 0.241 e. The minimum absolute atomic E-state index is 0. The van der Waals surface area contributed by atoms with Crippen molar-refractivity contribution in [1.82, 2.24) is 4.72 Å². The van der Waals surface area contributed by atoms with Crippen molar-refractivity contribution in [3.05, 3.63) is 42.5 Å². The summed E-state index contributed by atoms with van der Waals surface area (Å²) < 4.78 is 27.2. The van der Waals surface area contributed by atoms with Gasteiger partial charge in [0.2, 0.25) is 10.0 Å². The Labute approximate surface area is 125 Å². The molecule has 2 rings (SSSR count). The summed E-state index contributed by atoms with van der Waals surface area (Å²) in [6, 6.07) is 12.6. The Morgan fingerprint density at radius 2 is 1.70 bits per heavy atom. The predicted octanol–water partition coefficient (Wildman–Crippen LogP) is 2.28. The van der Waals surface area contributed by atoms with E-state index >= 15 is 0 Å². The molecule has 0 spiro atoms. The largest absolute Gasteiger partial charge is 0.324 e. The summed E-state index contributed by atoms with van der Waals surface area (Å²) in [4.78, 5) is 0.287. The van der Waals surface area contributed by atoms with Crippen LogP contribution in [-0.2, 0) is 10.0 Å². The highest BCUT2D eigenvalue weighted by atomic mass is 35.5. The molecular weight excluding hydrogens is 296 g/mol. The van der Waals surface area contributed by atoms with E-state index < -0.39 is 15.6 Å². The fourth-order valence-corrected chi connectivity index (χ4v) is 3.24. The number of rotatable bonds is 4. The monoisotopic (exact) mass is 314 g/mol. The van der Waals surface area contributed by atoms with Crippen LogP contribution in [0.15, 0.2) is 47.4 Å². The van der Waals surface area contributed by atoms with Crippen molar-refractivity contribution in [1.29, 1.82) is 0 Å². The third-order valence-corrected chi connectivity index (χ3v) is 4.22. The molecule has 0 saturated heterocycles. The third kappa shape index (κ3) is 3.93. The molecule has 0 radical (unpaired) electrons. The average molecular weight is 315 g/mol. The molecule has 4 nitrogen and oxygen atoms in total. The molecular formula is C14H19ClN2O2S. The van der Waals surface area contributed by atoms with Crippen LogP contribution in [0.25, 0.3) is 10.8 Å². The molecule has 0 amide bonds. The van der Waals surface area contributed by atoms with Crippen molar-refractivity contribution < 1.29 is 8.42 Å². The molecule has 2 aromatic rings. The fourth-order valence-electron chi connectivity index (χ4n) is 1.79. The first-order valence-electron chi connectivity index (χ1n) is 6.06. The van der Waals surface area contributed by atoms with Crippen molar-refractivity contribution >= 4 is 33.2 Å². The molecule has 110 valence electrons. The quantitative estimate of drug-likeness (QED) is 0.909. The van der Waals surface area contributed by atoms with Gasteiger partial charge in [0.15, 0.2) is 0 Å². The van der Waals surface area contributed by atoms with Crippen LogP contribution in [0.4, 0.5) is 0 Å². The Morgan fingerprint density at radius 1 is 1.10 bits per heavy atom. The van der Waals surface area contributed by atoms with Crippen molar-refractivity contribution in [2.24, 2.45) is 5.73 Å². The molecule has 0 bridgehead atoms. The van der Waals surface area contributed by atoms with E-state index in [0.29, 0.717) is 5.39 Å². The first-order valence-corrected chi connectivity index (χ1v) is 7.54. The number of sulfonamides is 1. The van der Waals surface area contributed by atoms with Crippen LogP contribution < -0.4 is 10.5 Å². The van der Waals surface area contributed by atoms with Gasteiger partial charge in [-0.15, -0.1) is 12.4 Å². The number of benzene rings is 2. The molecule has 0 aliphatic heterocycles. The zero-order chi connectivity index (χ0) is 14.1. The maximum atomic E-state index is 12.3. The molecule has 0 heterocycles. The van der Waals surface area contributed by atoms with E-state index in [1.807, 2.05) is 24.3 Å². The van der Waals surface area contributed by atoms with Gasteiger partial charge in [-0.3, -0.25) is 0 Å². The molecule has 0 saturated carbocycles. The standard InChI is InChI=1S/C14H18N2O2S.ClH/c1-14(2,15)10-16-19(17,18)13-9-5-7-11-6-3-4-8-12(11)13;/h3-9,16H,10,15H2,1-2H3;1H. The van der Waals surface area contributed by atoms with E-state index in [9.17, 15) is 8.42 Å². The molecule has 0 aromatic heterocycles. The SMILES string of the molecule is CC(C)(N)CNS(=O)(=O)c1cccc2ccccc12.Cl. The van der Waals surface area contributed by atoms with E-state index in [-0.39, 0.29) is 23.8 Å². The Kier molecular flexibility index (Phi) is 5.15. The number of halogens is 1. The molecule has 0 atom stereocenters. The van der Waals surface area contributed by atoms with E-state index in [1.165, 1.54) is 0 Å². The lowest BCUT2D eigenvalue weighted by Gasteiger charge is -2.19. The maximum Gasteiger partial charge on any atom is 0.241 e. The molecule has 6 heteroatoms. The molecule has 0 aliphatic rings. The second-order valence-electron chi connectivity index (χ2n) is 5.29. The van der Waals surface area contributed by atoms with Gasteiger partial charge in [-0.05, 0) is 25.3 Å². The van der Waals surface area contributed by atoms with Gasteiger partial charge >= 0.3 is 0 Å². The van der Waals surface area contributed by atoms with E-state index in [0.717, 1.165) is 5.39 Å². The van der Waals surface area contributed by atoms with Gasteiger partial charge in [0.25, 0.3) is 0 Å². The van der Waals surface area contributed by atoms with Crippen LogP contribution in [0, 0.1) is 0 Å². The Bertz CT molecular complexity index is 688. The molecule has 0 unspecified atom stereocenters. The lowest BCUT2D eigenvalue weighted by atomic mass is 10.1. The lowest BCUT2D eigenvalue weighted by molar-refractivity contribution is 0.498. The summed E-state index contributed by atoms with van der Waals surface area (Å²) in [6.45, 7) is 3.75. The van der Waals surface area contributed by atoms with Crippen molar-refractivity contribution in [3.63, 3.8) is 0 Å². The number of nitrogens with one attached hydrogen (secondary N) is 1. The van der Waals surface area contributed by atoms with Gasteiger partial charge in [0.1, 0.15) is 0 Å². The van der Waals surface area contributed by atoms with E-state index in [1.54, 1.807) is 32.0 Å². The Hall–Kier alpha value is -1.14. The topological polar surface area (TPSA) is 72.2 Å². The zero-order valence-electron chi connectivity index (χ0n) is 11.5.